The minimum Gasteiger partial charge on any atom is -0.296 e. The summed E-state index contributed by atoms with van der Waals surface area (Å²) >= 11 is 0. The van der Waals surface area contributed by atoms with Gasteiger partial charge < -0.3 is 0 Å². The maximum atomic E-state index is 13.6. The summed E-state index contributed by atoms with van der Waals surface area (Å²) in [6.07, 6.45) is 3.04. The number of nitrogens with zero attached hydrogens (tertiary/aromatic N) is 1. The van der Waals surface area contributed by atoms with Crippen LogP contribution in [0.25, 0.3) is 0 Å². The molecule has 4 nitrogen and oxygen atoms in total. The quantitative estimate of drug-likeness (QED) is 0.751. The highest BCUT2D eigenvalue weighted by molar-refractivity contribution is 7.77. The summed E-state index contributed by atoms with van der Waals surface area (Å²) in [6, 6.07) is 21.3. The second-order valence-corrected chi connectivity index (χ2v) is 7.44. The first-order valence-electron chi connectivity index (χ1n) is 7.14. The van der Waals surface area contributed by atoms with E-state index in [-0.39, 0.29) is 0 Å². The van der Waals surface area contributed by atoms with Crippen LogP contribution in [0.5, 0.6) is 0 Å². The Bertz CT molecular complexity index is 793. The largest absolute Gasteiger partial charge is 0.296 e. The Morgan fingerprint density at radius 3 is 1.87 bits per heavy atom. The molecule has 0 radical (unpaired) electrons. The number of nitrogens with one attached hydrogen (secondary N) is 1. The molecule has 5 heteroatoms. The molecule has 0 saturated carbocycles. The van der Waals surface area contributed by atoms with Crippen molar-refractivity contribution in [3.05, 3.63) is 90.8 Å². The van der Waals surface area contributed by atoms with E-state index >= 15 is 0 Å². The molecule has 1 N–H and O–H groups in total. The minimum atomic E-state index is -3.27. The first-order valence-corrected chi connectivity index (χ1v) is 8.85. The van der Waals surface area contributed by atoms with Crippen molar-refractivity contribution < 1.29 is 9.36 Å². The van der Waals surface area contributed by atoms with Crippen LogP contribution in [0.4, 0.5) is 0 Å². The molecule has 0 aliphatic heterocycles. The van der Waals surface area contributed by atoms with Crippen LogP contribution in [0.15, 0.2) is 85.2 Å². The summed E-state index contributed by atoms with van der Waals surface area (Å²) in [6.45, 7) is 0. The van der Waals surface area contributed by atoms with Gasteiger partial charge in [0.05, 0.1) is 5.56 Å². The molecule has 0 saturated heterocycles. The van der Waals surface area contributed by atoms with Crippen LogP contribution in [0, 0.1) is 0 Å². The van der Waals surface area contributed by atoms with E-state index in [0.717, 1.165) is 0 Å². The number of rotatable bonds is 4. The van der Waals surface area contributed by atoms with Crippen molar-refractivity contribution in [3.8, 4) is 0 Å². The van der Waals surface area contributed by atoms with Crippen molar-refractivity contribution in [2.45, 2.75) is 0 Å². The van der Waals surface area contributed by atoms with Crippen LogP contribution < -0.4 is 15.7 Å². The molecule has 1 aromatic heterocycles. The second kappa shape index (κ2) is 6.59. The SMILES string of the molecule is O=C(NP(=O)(c1ccccc1)c1ccccc1)c1cccnc1. The number of benzene rings is 2. The molecule has 3 rings (SSSR count). The number of pyridine rings is 1. The van der Waals surface area contributed by atoms with Crippen LogP contribution in [-0.2, 0) is 4.57 Å². The van der Waals surface area contributed by atoms with E-state index in [1.165, 1.54) is 6.20 Å². The zero-order chi connectivity index (χ0) is 16.1. The van der Waals surface area contributed by atoms with Gasteiger partial charge in [0.15, 0.2) is 0 Å². The lowest BCUT2D eigenvalue weighted by Crippen LogP contribution is -2.32. The predicted octanol–water partition coefficient (Wildman–Crippen LogP) is 2.74. The van der Waals surface area contributed by atoms with Gasteiger partial charge in [-0.25, -0.2) is 0 Å². The second-order valence-electron chi connectivity index (χ2n) is 4.96. The van der Waals surface area contributed by atoms with Gasteiger partial charge in [-0.3, -0.25) is 19.4 Å². The van der Waals surface area contributed by atoms with Gasteiger partial charge in [-0.1, -0.05) is 36.4 Å². The highest BCUT2D eigenvalue weighted by Crippen LogP contribution is 2.38. The van der Waals surface area contributed by atoms with E-state index in [1.807, 2.05) is 12.1 Å². The summed E-state index contributed by atoms with van der Waals surface area (Å²) < 4.78 is 13.6. The Morgan fingerprint density at radius 1 is 0.826 bits per heavy atom. The van der Waals surface area contributed by atoms with E-state index < -0.39 is 13.2 Å². The average Bonchev–Trinajstić information content (AvgIpc) is 2.64. The smallest absolute Gasteiger partial charge is 0.258 e. The van der Waals surface area contributed by atoms with Crippen molar-refractivity contribution in [2.24, 2.45) is 0 Å². The standard InChI is InChI=1S/C18H15N2O2P/c21-18(15-8-7-13-19-14-15)20-23(22,16-9-3-1-4-10-16)17-11-5-2-6-12-17/h1-14H,(H,20,21,22). The summed E-state index contributed by atoms with van der Waals surface area (Å²) in [7, 11) is -3.27. The molecule has 0 spiro atoms. The molecule has 114 valence electrons. The first-order chi connectivity index (χ1) is 11.2. The maximum Gasteiger partial charge on any atom is 0.258 e. The fourth-order valence-corrected chi connectivity index (χ4v) is 4.41. The summed E-state index contributed by atoms with van der Waals surface area (Å²) in [5, 5.41) is 3.89. The first kappa shape index (κ1) is 15.2. The predicted molar refractivity (Wildman–Crippen MR) is 91.5 cm³/mol. The third-order valence-corrected chi connectivity index (χ3v) is 5.99. The van der Waals surface area contributed by atoms with E-state index in [4.69, 9.17) is 0 Å². The lowest BCUT2D eigenvalue weighted by atomic mass is 10.3. The number of hydrogen-bond acceptors (Lipinski definition) is 3. The van der Waals surface area contributed by atoms with Crippen LogP contribution >= 0.6 is 7.29 Å². The maximum absolute atomic E-state index is 13.6. The zero-order valence-corrected chi connectivity index (χ0v) is 13.2. The number of carbonyl (C=O) groups is 1. The monoisotopic (exact) mass is 322 g/mol. The van der Waals surface area contributed by atoms with Gasteiger partial charge in [0.25, 0.3) is 5.91 Å². The van der Waals surface area contributed by atoms with Gasteiger partial charge in [-0.15, -0.1) is 0 Å². The molecule has 0 bridgehead atoms. The molecule has 3 aromatic rings. The van der Waals surface area contributed by atoms with Gasteiger partial charge >= 0.3 is 0 Å². The van der Waals surface area contributed by atoms with Gasteiger partial charge in [-0.2, -0.15) is 0 Å². The number of aromatic nitrogens is 1. The number of hydrogen-bond donors (Lipinski definition) is 1. The molecular weight excluding hydrogens is 307 g/mol. The van der Waals surface area contributed by atoms with Gasteiger partial charge in [0.2, 0.25) is 7.29 Å². The molecule has 0 aliphatic rings. The number of carbonyl (C=O) groups excluding carboxylic acids is 1. The Hall–Kier alpha value is -2.71. The Morgan fingerprint density at radius 2 is 1.39 bits per heavy atom. The molecule has 0 aliphatic carbocycles. The highest BCUT2D eigenvalue weighted by Gasteiger charge is 2.29. The lowest BCUT2D eigenvalue weighted by molar-refractivity contribution is 0.0981. The Labute approximate surface area is 134 Å². The molecule has 0 fully saturated rings. The van der Waals surface area contributed by atoms with Crippen molar-refractivity contribution in [3.63, 3.8) is 0 Å². The highest BCUT2D eigenvalue weighted by atomic mass is 31.2. The molecule has 0 unspecified atom stereocenters. The van der Waals surface area contributed by atoms with Crippen LogP contribution in [0.1, 0.15) is 10.4 Å². The van der Waals surface area contributed by atoms with Crippen molar-refractivity contribution in [2.75, 3.05) is 0 Å². The van der Waals surface area contributed by atoms with Crippen LogP contribution in [0.2, 0.25) is 0 Å². The van der Waals surface area contributed by atoms with Crippen LogP contribution in [-0.4, -0.2) is 10.9 Å². The Balaban J connectivity index is 2.04. The van der Waals surface area contributed by atoms with Crippen molar-refractivity contribution in [1.29, 1.82) is 0 Å². The topological polar surface area (TPSA) is 59.1 Å². The molecule has 0 atom stereocenters. The zero-order valence-electron chi connectivity index (χ0n) is 12.3. The van der Waals surface area contributed by atoms with E-state index in [9.17, 15) is 9.36 Å². The molecule has 2 aromatic carbocycles. The van der Waals surface area contributed by atoms with E-state index in [1.54, 1.807) is 66.9 Å². The number of amides is 1. The summed E-state index contributed by atoms with van der Waals surface area (Å²) in [4.78, 5) is 16.4. The van der Waals surface area contributed by atoms with Gasteiger partial charge in [0.1, 0.15) is 0 Å². The molecule has 1 heterocycles. The lowest BCUT2D eigenvalue weighted by Gasteiger charge is -2.20. The molecular formula is C18H15N2O2P. The van der Waals surface area contributed by atoms with E-state index in [0.29, 0.717) is 16.2 Å². The van der Waals surface area contributed by atoms with Crippen LogP contribution in [0.3, 0.4) is 0 Å². The third kappa shape index (κ3) is 3.22. The van der Waals surface area contributed by atoms with Crippen molar-refractivity contribution >= 4 is 23.8 Å². The fourth-order valence-electron chi connectivity index (χ4n) is 2.26. The Kier molecular flexibility index (Phi) is 4.35. The van der Waals surface area contributed by atoms with Crippen molar-refractivity contribution in [1.82, 2.24) is 10.1 Å². The normalized spacial score (nSPS) is 11.0. The third-order valence-electron chi connectivity index (χ3n) is 3.42. The van der Waals surface area contributed by atoms with E-state index in [2.05, 4.69) is 10.1 Å². The summed E-state index contributed by atoms with van der Waals surface area (Å²) in [5.41, 5.74) is 0.375. The summed E-state index contributed by atoms with van der Waals surface area (Å²) in [5.74, 6) is -0.408. The fraction of sp³-hybridized carbons (Fsp3) is 0. The minimum absolute atomic E-state index is 0.375. The average molecular weight is 322 g/mol. The molecule has 23 heavy (non-hydrogen) atoms. The van der Waals surface area contributed by atoms with Gasteiger partial charge in [0, 0.05) is 23.0 Å². The van der Waals surface area contributed by atoms with Gasteiger partial charge in [-0.05, 0) is 36.4 Å². The molecule has 1 amide bonds.